The number of nitrogens with one attached hydrogen (secondary N) is 1. The third-order valence-corrected chi connectivity index (χ3v) is 6.03. The molecule has 0 unspecified atom stereocenters. The molecule has 0 aliphatic carbocycles. The van der Waals surface area contributed by atoms with E-state index in [1.54, 1.807) is 11.3 Å². The van der Waals surface area contributed by atoms with E-state index in [0.717, 1.165) is 17.8 Å². The largest absolute Gasteiger partial charge is 0.354 e. The molecule has 1 aliphatic rings. The number of fused-ring (bicyclic) bond motifs is 3. The van der Waals surface area contributed by atoms with Gasteiger partial charge in [0.25, 0.3) is 0 Å². The van der Waals surface area contributed by atoms with Crippen molar-refractivity contribution in [2.75, 3.05) is 5.32 Å². The molecule has 0 bridgehead atoms. The highest BCUT2D eigenvalue weighted by Gasteiger charge is 2.24. The van der Waals surface area contributed by atoms with Crippen LogP contribution in [-0.2, 0) is 6.42 Å². The van der Waals surface area contributed by atoms with Crippen molar-refractivity contribution in [3.8, 4) is 22.3 Å². The van der Waals surface area contributed by atoms with Crippen molar-refractivity contribution in [2.24, 2.45) is 0 Å². The molecule has 2 aromatic carbocycles. The predicted octanol–water partition coefficient (Wildman–Crippen LogP) is 8.07. The van der Waals surface area contributed by atoms with Crippen LogP contribution in [0, 0.1) is 13.8 Å². The van der Waals surface area contributed by atoms with Crippen LogP contribution < -0.4 is 5.32 Å². The Balaban J connectivity index is 0.00000102. The number of rotatable bonds is 3. The number of benzene rings is 2. The van der Waals surface area contributed by atoms with E-state index in [-0.39, 0.29) is 0 Å². The number of hydrogen-bond acceptors (Lipinski definition) is 2. The molecule has 0 atom stereocenters. The second kappa shape index (κ2) is 8.14. The van der Waals surface area contributed by atoms with E-state index in [1.807, 2.05) is 13.8 Å². The van der Waals surface area contributed by atoms with Gasteiger partial charge in [0, 0.05) is 22.5 Å². The van der Waals surface area contributed by atoms with Gasteiger partial charge >= 0.3 is 0 Å². The third kappa shape index (κ3) is 3.46. The molecule has 1 aromatic heterocycles. The lowest BCUT2D eigenvalue weighted by atomic mass is 9.86. The molecule has 3 aromatic rings. The minimum Gasteiger partial charge on any atom is -0.354 e. The molecule has 1 N–H and O–H groups in total. The Kier molecular flexibility index (Phi) is 5.86. The molecule has 1 aliphatic heterocycles. The molecule has 27 heavy (non-hydrogen) atoms. The number of thiophene rings is 1. The number of anilines is 1. The van der Waals surface area contributed by atoms with Gasteiger partial charge in [-0.3, -0.25) is 0 Å². The van der Waals surface area contributed by atoms with Crippen LogP contribution in [-0.4, -0.2) is 0 Å². The summed E-state index contributed by atoms with van der Waals surface area (Å²) in [6, 6.07) is 13.6. The molecule has 0 amide bonds. The SMILES string of the molecule is C=C1Nc2ccc(C)c(-c3ccc(CCC)c(C)c3)c2-c2ccsc21.CC. The normalized spacial score (nSPS) is 11.8. The molecular formula is C25H29NS. The summed E-state index contributed by atoms with van der Waals surface area (Å²) in [4.78, 5) is 1.25. The Labute approximate surface area is 167 Å². The zero-order chi connectivity index (χ0) is 19.6. The van der Waals surface area contributed by atoms with Crippen LogP contribution in [0.15, 0.2) is 48.4 Å². The molecular weight excluding hydrogens is 346 g/mol. The fourth-order valence-corrected chi connectivity index (χ4v) is 4.65. The van der Waals surface area contributed by atoms with E-state index < -0.39 is 0 Å². The van der Waals surface area contributed by atoms with E-state index in [0.29, 0.717) is 0 Å². The van der Waals surface area contributed by atoms with Gasteiger partial charge in [0.15, 0.2) is 0 Å². The lowest BCUT2D eigenvalue weighted by molar-refractivity contribution is 0.913. The van der Waals surface area contributed by atoms with E-state index >= 15 is 0 Å². The summed E-state index contributed by atoms with van der Waals surface area (Å²) in [5.41, 5.74) is 11.6. The van der Waals surface area contributed by atoms with Crippen LogP contribution in [0.3, 0.4) is 0 Å². The first-order valence-corrected chi connectivity index (χ1v) is 10.8. The first kappa shape index (κ1) is 19.4. The van der Waals surface area contributed by atoms with Gasteiger partial charge in [-0.1, -0.05) is 58.0 Å². The molecule has 4 rings (SSSR count). The van der Waals surface area contributed by atoms with Gasteiger partial charge in [0.1, 0.15) is 0 Å². The average molecular weight is 376 g/mol. The first-order valence-electron chi connectivity index (χ1n) is 9.87. The summed E-state index contributed by atoms with van der Waals surface area (Å²) in [7, 11) is 0. The highest BCUT2D eigenvalue weighted by Crippen LogP contribution is 2.48. The topological polar surface area (TPSA) is 12.0 Å². The fraction of sp³-hybridized carbons (Fsp3) is 0.280. The van der Waals surface area contributed by atoms with Crippen molar-refractivity contribution < 1.29 is 0 Å². The second-order valence-electron chi connectivity index (χ2n) is 6.84. The molecule has 0 saturated heterocycles. The van der Waals surface area contributed by atoms with Crippen molar-refractivity contribution in [3.63, 3.8) is 0 Å². The van der Waals surface area contributed by atoms with Crippen molar-refractivity contribution in [1.82, 2.24) is 0 Å². The predicted molar refractivity (Wildman–Crippen MR) is 123 cm³/mol. The Bertz CT molecular complexity index is 978. The smallest absolute Gasteiger partial charge is 0.0578 e. The Hall–Kier alpha value is -2.32. The van der Waals surface area contributed by atoms with Gasteiger partial charge in [0.05, 0.1) is 4.88 Å². The van der Waals surface area contributed by atoms with E-state index in [2.05, 4.69) is 74.4 Å². The van der Waals surface area contributed by atoms with E-state index in [1.165, 1.54) is 50.2 Å². The zero-order valence-electron chi connectivity index (χ0n) is 17.1. The zero-order valence-corrected chi connectivity index (χ0v) is 17.9. The maximum Gasteiger partial charge on any atom is 0.0578 e. The summed E-state index contributed by atoms with van der Waals surface area (Å²) < 4.78 is 0. The van der Waals surface area contributed by atoms with Gasteiger partial charge in [-0.25, -0.2) is 0 Å². The maximum atomic E-state index is 4.20. The van der Waals surface area contributed by atoms with Gasteiger partial charge in [-0.15, -0.1) is 11.3 Å². The van der Waals surface area contributed by atoms with Gasteiger partial charge in [-0.05, 0) is 65.6 Å². The highest BCUT2D eigenvalue weighted by molar-refractivity contribution is 7.11. The second-order valence-corrected chi connectivity index (χ2v) is 7.75. The maximum absolute atomic E-state index is 4.20. The Morgan fingerprint density at radius 2 is 1.74 bits per heavy atom. The summed E-state index contributed by atoms with van der Waals surface area (Å²) in [5, 5.41) is 5.66. The lowest BCUT2D eigenvalue weighted by Gasteiger charge is -2.25. The van der Waals surface area contributed by atoms with Crippen LogP contribution in [0.2, 0.25) is 0 Å². The summed E-state index contributed by atoms with van der Waals surface area (Å²) >= 11 is 1.76. The van der Waals surface area contributed by atoms with Crippen molar-refractivity contribution in [1.29, 1.82) is 0 Å². The van der Waals surface area contributed by atoms with Crippen LogP contribution >= 0.6 is 11.3 Å². The molecule has 0 fully saturated rings. The quantitative estimate of drug-likeness (QED) is 0.488. The van der Waals surface area contributed by atoms with E-state index in [9.17, 15) is 0 Å². The minimum atomic E-state index is 1.00. The van der Waals surface area contributed by atoms with Crippen molar-refractivity contribution >= 4 is 22.7 Å². The standard InChI is InChI=1S/C23H23NS.C2H6/c1-5-6-17-8-9-18(13-15(17)3)21-14(2)7-10-20-22(21)19-11-12-25-23(19)16(4)24-20;1-2/h7-13,24H,4-6H2,1-3H3;1-2H3. The minimum absolute atomic E-state index is 1.00. The van der Waals surface area contributed by atoms with Crippen LogP contribution in [0.1, 0.15) is 48.8 Å². The number of aryl methyl sites for hydroxylation is 3. The Morgan fingerprint density at radius 1 is 0.963 bits per heavy atom. The first-order chi connectivity index (χ1) is 13.1. The molecule has 140 valence electrons. The highest BCUT2D eigenvalue weighted by atomic mass is 32.1. The van der Waals surface area contributed by atoms with Crippen molar-refractivity contribution in [3.05, 3.63) is 69.9 Å². The van der Waals surface area contributed by atoms with Gasteiger partial charge in [-0.2, -0.15) is 0 Å². The van der Waals surface area contributed by atoms with Gasteiger partial charge in [0.2, 0.25) is 0 Å². The van der Waals surface area contributed by atoms with Gasteiger partial charge < -0.3 is 5.32 Å². The summed E-state index contributed by atoms with van der Waals surface area (Å²) in [5.74, 6) is 0. The van der Waals surface area contributed by atoms with Crippen LogP contribution in [0.5, 0.6) is 0 Å². The third-order valence-electron chi connectivity index (χ3n) is 5.06. The summed E-state index contributed by atoms with van der Waals surface area (Å²) in [6.45, 7) is 14.9. The Morgan fingerprint density at radius 3 is 2.44 bits per heavy atom. The molecule has 1 nitrogen and oxygen atoms in total. The lowest BCUT2D eigenvalue weighted by Crippen LogP contribution is -2.06. The molecule has 2 heteroatoms. The number of hydrogen-bond donors (Lipinski definition) is 1. The van der Waals surface area contributed by atoms with Crippen molar-refractivity contribution in [2.45, 2.75) is 47.5 Å². The fourth-order valence-electron chi connectivity index (χ4n) is 3.82. The van der Waals surface area contributed by atoms with Crippen LogP contribution in [0.4, 0.5) is 5.69 Å². The van der Waals surface area contributed by atoms with Crippen LogP contribution in [0.25, 0.3) is 28.0 Å². The average Bonchev–Trinajstić information content (AvgIpc) is 3.16. The molecule has 0 saturated carbocycles. The molecule has 0 spiro atoms. The molecule has 2 heterocycles. The summed E-state index contributed by atoms with van der Waals surface area (Å²) in [6.07, 6.45) is 2.33. The monoisotopic (exact) mass is 375 g/mol. The molecule has 0 radical (unpaired) electrons. The van der Waals surface area contributed by atoms with E-state index in [4.69, 9.17) is 0 Å².